The number of likely N-dealkylation sites (N-methyl/N-ethyl adjacent to an activating group) is 1. The summed E-state index contributed by atoms with van der Waals surface area (Å²) < 4.78 is 3.72. The number of aromatic nitrogens is 5. The molecule has 0 spiro atoms. The molecule has 0 bridgehead atoms. The van der Waals surface area contributed by atoms with Crippen molar-refractivity contribution in [2.24, 2.45) is 12.8 Å². The van der Waals surface area contributed by atoms with Gasteiger partial charge in [0.2, 0.25) is 5.91 Å². The first-order valence-corrected chi connectivity index (χ1v) is 6.96. The molecule has 0 aromatic carbocycles. The van der Waals surface area contributed by atoms with Crippen LogP contribution in [0.2, 0.25) is 0 Å². The van der Waals surface area contributed by atoms with Crippen LogP contribution in [0.25, 0.3) is 0 Å². The van der Waals surface area contributed by atoms with Crippen LogP contribution in [0.5, 0.6) is 0 Å². The van der Waals surface area contributed by atoms with Crippen LogP contribution in [0, 0.1) is 0 Å². The molecular weight excluding hydrogens is 270 g/mol. The third-order valence-corrected chi connectivity index (χ3v) is 3.79. The molecule has 1 aliphatic rings. The van der Waals surface area contributed by atoms with E-state index in [1.165, 1.54) is 0 Å². The van der Waals surface area contributed by atoms with Gasteiger partial charge in [-0.2, -0.15) is 5.10 Å². The van der Waals surface area contributed by atoms with Crippen molar-refractivity contribution >= 4 is 5.91 Å². The summed E-state index contributed by atoms with van der Waals surface area (Å²) in [5, 5.41) is 12.3. The minimum absolute atomic E-state index is 0.154. The lowest BCUT2D eigenvalue weighted by Crippen LogP contribution is -2.36. The standard InChI is InChI=1S/C13H19N7O/c1-18(8-11-17-16-10-4-3-5-20(10)11)13(21)12(14)9-6-15-19(2)7-9/h6-7,12H,3-5,8,14H2,1-2H3. The van der Waals surface area contributed by atoms with E-state index in [0.29, 0.717) is 12.1 Å². The van der Waals surface area contributed by atoms with Crippen LogP contribution >= 0.6 is 0 Å². The molecular formula is C13H19N7O. The van der Waals surface area contributed by atoms with Crippen LogP contribution < -0.4 is 5.73 Å². The van der Waals surface area contributed by atoms with E-state index >= 15 is 0 Å². The number of hydrogen-bond donors (Lipinski definition) is 1. The Labute approximate surface area is 122 Å². The van der Waals surface area contributed by atoms with Gasteiger partial charge in [-0.05, 0) is 6.42 Å². The van der Waals surface area contributed by atoms with Crippen molar-refractivity contribution in [3.63, 3.8) is 0 Å². The lowest BCUT2D eigenvalue weighted by Gasteiger charge is -2.20. The summed E-state index contributed by atoms with van der Waals surface area (Å²) in [7, 11) is 3.53. The number of carbonyl (C=O) groups is 1. The van der Waals surface area contributed by atoms with Crippen molar-refractivity contribution < 1.29 is 4.79 Å². The number of nitrogens with zero attached hydrogens (tertiary/aromatic N) is 6. The van der Waals surface area contributed by atoms with Crippen LogP contribution in [0.4, 0.5) is 0 Å². The van der Waals surface area contributed by atoms with Gasteiger partial charge in [0, 0.05) is 38.8 Å². The molecule has 0 fully saturated rings. The molecule has 1 atom stereocenters. The molecule has 0 saturated carbocycles. The average molecular weight is 289 g/mol. The molecule has 3 heterocycles. The maximum atomic E-state index is 12.4. The monoisotopic (exact) mass is 289 g/mol. The summed E-state index contributed by atoms with van der Waals surface area (Å²) in [6.07, 6.45) is 5.42. The number of aryl methyl sites for hydroxylation is 2. The number of amides is 1. The minimum atomic E-state index is -0.704. The summed E-state index contributed by atoms with van der Waals surface area (Å²) in [5.74, 6) is 1.66. The van der Waals surface area contributed by atoms with Crippen LogP contribution in [0.15, 0.2) is 12.4 Å². The fourth-order valence-corrected chi connectivity index (χ4v) is 2.60. The summed E-state index contributed by atoms with van der Waals surface area (Å²) in [6.45, 7) is 1.34. The van der Waals surface area contributed by atoms with Gasteiger partial charge in [-0.25, -0.2) is 0 Å². The lowest BCUT2D eigenvalue weighted by atomic mass is 10.1. The Hall–Kier alpha value is -2.22. The first-order chi connectivity index (χ1) is 10.1. The molecule has 2 N–H and O–H groups in total. The Kier molecular flexibility index (Phi) is 3.46. The number of carbonyl (C=O) groups excluding carboxylic acids is 1. The van der Waals surface area contributed by atoms with Crippen molar-refractivity contribution in [1.29, 1.82) is 0 Å². The lowest BCUT2D eigenvalue weighted by molar-refractivity contribution is -0.132. The van der Waals surface area contributed by atoms with Crippen molar-refractivity contribution in [1.82, 2.24) is 29.4 Å². The average Bonchev–Trinajstić information content (AvgIpc) is 3.15. The van der Waals surface area contributed by atoms with E-state index in [4.69, 9.17) is 5.73 Å². The second-order valence-electron chi connectivity index (χ2n) is 5.41. The molecule has 1 amide bonds. The van der Waals surface area contributed by atoms with E-state index in [0.717, 1.165) is 31.0 Å². The fraction of sp³-hybridized carbons (Fsp3) is 0.538. The SMILES string of the molecule is CN(Cc1nnc2n1CCC2)C(=O)C(N)c1cnn(C)c1. The normalized spacial score (nSPS) is 15.0. The molecule has 112 valence electrons. The van der Waals surface area contributed by atoms with Crippen molar-refractivity contribution in [2.75, 3.05) is 7.05 Å². The first-order valence-electron chi connectivity index (χ1n) is 6.96. The second kappa shape index (κ2) is 5.28. The summed E-state index contributed by atoms with van der Waals surface area (Å²) in [6, 6.07) is -0.704. The Bertz CT molecular complexity index is 659. The highest BCUT2D eigenvalue weighted by molar-refractivity contribution is 5.82. The Morgan fingerprint density at radius 3 is 3.05 bits per heavy atom. The fourth-order valence-electron chi connectivity index (χ4n) is 2.60. The van der Waals surface area contributed by atoms with Crippen molar-refractivity contribution in [3.8, 4) is 0 Å². The highest BCUT2D eigenvalue weighted by Gasteiger charge is 2.24. The molecule has 2 aromatic rings. The quantitative estimate of drug-likeness (QED) is 0.827. The maximum absolute atomic E-state index is 12.4. The molecule has 0 saturated heterocycles. The molecule has 2 aromatic heterocycles. The minimum Gasteiger partial charge on any atom is -0.337 e. The van der Waals surface area contributed by atoms with Gasteiger partial charge < -0.3 is 15.2 Å². The molecule has 8 heteroatoms. The molecule has 8 nitrogen and oxygen atoms in total. The zero-order valence-electron chi connectivity index (χ0n) is 12.2. The van der Waals surface area contributed by atoms with Gasteiger partial charge in [0.25, 0.3) is 0 Å². The Balaban J connectivity index is 1.69. The Morgan fingerprint density at radius 2 is 2.33 bits per heavy atom. The zero-order chi connectivity index (χ0) is 15.0. The highest BCUT2D eigenvalue weighted by atomic mass is 16.2. The van der Waals surface area contributed by atoms with Gasteiger partial charge in [0.05, 0.1) is 12.7 Å². The topological polar surface area (TPSA) is 94.9 Å². The van der Waals surface area contributed by atoms with Gasteiger partial charge in [0.15, 0.2) is 5.82 Å². The summed E-state index contributed by atoms with van der Waals surface area (Å²) >= 11 is 0. The van der Waals surface area contributed by atoms with Crippen LogP contribution in [0.1, 0.15) is 29.7 Å². The van der Waals surface area contributed by atoms with Gasteiger partial charge in [-0.1, -0.05) is 0 Å². The molecule has 1 unspecified atom stereocenters. The van der Waals surface area contributed by atoms with Crippen LogP contribution in [-0.2, 0) is 31.4 Å². The zero-order valence-corrected chi connectivity index (χ0v) is 12.2. The first kappa shape index (κ1) is 13.7. The number of nitrogens with two attached hydrogens (primary N) is 1. The smallest absolute Gasteiger partial charge is 0.244 e. The Morgan fingerprint density at radius 1 is 1.52 bits per heavy atom. The van der Waals surface area contributed by atoms with Gasteiger partial charge >= 0.3 is 0 Å². The predicted octanol–water partition coefficient (Wildman–Crippen LogP) is -0.384. The van der Waals surface area contributed by atoms with Crippen LogP contribution in [-0.4, -0.2) is 42.4 Å². The van der Waals surface area contributed by atoms with E-state index in [2.05, 4.69) is 19.9 Å². The summed E-state index contributed by atoms with van der Waals surface area (Å²) in [4.78, 5) is 14.0. The third-order valence-electron chi connectivity index (χ3n) is 3.79. The summed E-state index contributed by atoms with van der Waals surface area (Å²) in [5.41, 5.74) is 6.72. The molecule has 0 radical (unpaired) electrons. The molecule has 3 rings (SSSR count). The number of rotatable bonds is 4. The van der Waals surface area contributed by atoms with Crippen molar-refractivity contribution in [2.45, 2.75) is 32.0 Å². The van der Waals surface area contributed by atoms with E-state index in [1.807, 2.05) is 0 Å². The van der Waals surface area contributed by atoms with Crippen LogP contribution in [0.3, 0.4) is 0 Å². The van der Waals surface area contributed by atoms with E-state index in [1.54, 1.807) is 36.1 Å². The van der Waals surface area contributed by atoms with Gasteiger partial charge in [0.1, 0.15) is 11.9 Å². The number of hydrogen-bond acceptors (Lipinski definition) is 5. The molecule has 21 heavy (non-hydrogen) atoms. The maximum Gasteiger partial charge on any atom is 0.244 e. The van der Waals surface area contributed by atoms with Crippen molar-refractivity contribution in [3.05, 3.63) is 29.6 Å². The largest absolute Gasteiger partial charge is 0.337 e. The highest BCUT2D eigenvalue weighted by Crippen LogP contribution is 2.17. The van der Waals surface area contributed by atoms with Gasteiger partial charge in [-0.15, -0.1) is 10.2 Å². The second-order valence-corrected chi connectivity index (χ2v) is 5.41. The molecule has 0 aliphatic carbocycles. The van der Waals surface area contributed by atoms with Gasteiger partial charge in [-0.3, -0.25) is 9.48 Å². The third kappa shape index (κ3) is 2.54. The van der Waals surface area contributed by atoms with E-state index in [9.17, 15) is 4.79 Å². The van der Waals surface area contributed by atoms with E-state index < -0.39 is 6.04 Å². The van der Waals surface area contributed by atoms with E-state index in [-0.39, 0.29) is 5.91 Å². The molecule has 1 aliphatic heterocycles. The number of fused-ring (bicyclic) bond motifs is 1. The predicted molar refractivity (Wildman–Crippen MR) is 75.0 cm³/mol.